The summed E-state index contributed by atoms with van der Waals surface area (Å²) in [5, 5.41) is 9.59. The first-order valence-corrected chi connectivity index (χ1v) is 10.8. The molecule has 1 N–H and O–H groups in total. The van der Waals surface area contributed by atoms with E-state index in [4.69, 9.17) is 19.6 Å². The average molecular weight is 444 g/mol. The fraction of sp³-hybridized carbons (Fsp3) is 0.0769. The van der Waals surface area contributed by atoms with E-state index in [1.54, 1.807) is 36.0 Å². The molecule has 5 nitrogen and oxygen atoms in total. The highest BCUT2D eigenvalue weighted by Crippen LogP contribution is 2.32. The zero-order valence-corrected chi connectivity index (χ0v) is 18.0. The Kier molecular flexibility index (Phi) is 7.05. The number of ether oxygens (including phenoxy) is 2. The Morgan fingerprint density at radius 1 is 0.781 bits per heavy atom. The maximum atomic E-state index is 10.6. The van der Waals surface area contributed by atoms with Gasteiger partial charge in [0.2, 0.25) is 0 Å². The monoisotopic (exact) mass is 443 g/mol. The van der Waals surface area contributed by atoms with Gasteiger partial charge in [0.15, 0.2) is 6.61 Å². The van der Waals surface area contributed by atoms with Crippen LogP contribution >= 0.6 is 11.8 Å². The second kappa shape index (κ2) is 10.5. The molecule has 1 heterocycles. The van der Waals surface area contributed by atoms with Crippen LogP contribution in [0, 0.1) is 0 Å². The van der Waals surface area contributed by atoms with Crippen molar-refractivity contribution >= 4 is 17.7 Å². The molecule has 0 atom stereocenters. The highest BCUT2D eigenvalue weighted by atomic mass is 32.2. The summed E-state index contributed by atoms with van der Waals surface area (Å²) in [7, 11) is 0. The normalized spacial score (nSPS) is 10.5. The summed E-state index contributed by atoms with van der Waals surface area (Å²) in [6.07, 6.45) is 0. The van der Waals surface area contributed by atoms with Gasteiger partial charge < -0.3 is 14.6 Å². The van der Waals surface area contributed by atoms with Crippen molar-refractivity contribution in [2.45, 2.75) is 16.5 Å². The van der Waals surface area contributed by atoms with Crippen molar-refractivity contribution in [2.75, 3.05) is 6.61 Å². The predicted molar refractivity (Wildman–Crippen MR) is 124 cm³/mol. The zero-order valence-electron chi connectivity index (χ0n) is 17.2. The lowest BCUT2D eigenvalue weighted by molar-refractivity contribution is -0.139. The molecule has 32 heavy (non-hydrogen) atoms. The predicted octanol–water partition coefficient (Wildman–Crippen LogP) is 5.94. The van der Waals surface area contributed by atoms with Crippen molar-refractivity contribution in [3.05, 3.63) is 103 Å². The van der Waals surface area contributed by atoms with Crippen LogP contribution in [0.2, 0.25) is 0 Å². The van der Waals surface area contributed by atoms with E-state index < -0.39 is 5.97 Å². The lowest BCUT2D eigenvalue weighted by Crippen LogP contribution is -2.09. The van der Waals surface area contributed by atoms with Gasteiger partial charge in [0.1, 0.15) is 23.1 Å². The van der Waals surface area contributed by atoms with Gasteiger partial charge in [0.05, 0.1) is 5.69 Å². The molecule has 4 aromatic rings. The molecule has 1 aromatic heterocycles. The number of pyridine rings is 1. The molecular formula is C26H21NO4S. The fourth-order valence-corrected chi connectivity index (χ4v) is 3.89. The standard InChI is InChI=1S/C26H21NO4S/c28-25(29)18-31-22-14-12-21(13-15-22)30-17-20-11-16-24(19-7-3-1-4-8-19)27-26(20)32-23-9-5-2-6-10-23/h1-16H,17-18H2,(H,28,29). The molecule has 0 saturated carbocycles. The van der Waals surface area contributed by atoms with Crippen LogP contribution in [0.25, 0.3) is 11.3 Å². The van der Waals surface area contributed by atoms with Crippen LogP contribution in [0.3, 0.4) is 0 Å². The van der Waals surface area contributed by atoms with E-state index in [0.29, 0.717) is 18.1 Å². The maximum absolute atomic E-state index is 10.6. The molecule has 0 fully saturated rings. The van der Waals surface area contributed by atoms with Crippen LogP contribution in [0.4, 0.5) is 0 Å². The Morgan fingerprint density at radius 3 is 2.06 bits per heavy atom. The zero-order chi connectivity index (χ0) is 22.2. The second-order valence-corrected chi connectivity index (χ2v) is 7.95. The summed E-state index contributed by atoms with van der Waals surface area (Å²) in [4.78, 5) is 16.6. The third-order valence-corrected chi connectivity index (χ3v) is 5.60. The molecule has 0 radical (unpaired) electrons. The quantitative estimate of drug-likeness (QED) is 0.345. The van der Waals surface area contributed by atoms with Crippen molar-refractivity contribution in [1.29, 1.82) is 0 Å². The van der Waals surface area contributed by atoms with Crippen molar-refractivity contribution in [3.63, 3.8) is 0 Å². The molecule has 0 aliphatic carbocycles. The van der Waals surface area contributed by atoms with Gasteiger partial charge in [-0.2, -0.15) is 0 Å². The summed E-state index contributed by atoms with van der Waals surface area (Å²) >= 11 is 1.60. The molecular weight excluding hydrogens is 422 g/mol. The number of aromatic nitrogens is 1. The Morgan fingerprint density at radius 2 is 1.41 bits per heavy atom. The Balaban J connectivity index is 1.52. The molecule has 0 unspecified atom stereocenters. The minimum atomic E-state index is -1.01. The number of carbonyl (C=O) groups is 1. The van der Waals surface area contributed by atoms with Crippen molar-refractivity contribution in [2.24, 2.45) is 0 Å². The Labute approximate surface area is 190 Å². The Hall–Kier alpha value is -3.77. The van der Waals surface area contributed by atoms with Gasteiger partial charge in [0.25, 0.3) is 0 Å². The molecule has 6 heteroatoms. The minimum Gasteiger partial charge on any atom is -0.489 e. The summed E-state index contributed by atoms with van der Waals surface area (Å²) in [5.74, 6) is 0.129. The Bertz CT molecular complexity index is 1170. The highest BCUT2D eigenvalue weighted by Gasteiger charge is 2.11. The number of hydrogen-bond donors (Lipinski definition) is 1. The summed E-state index contributed by atoms with van der Waals surface area (Å²) in [6.45, 7) is -0.0216. The first kappa shape index (κ1) is 21.5. The third kappa shape index (κ3) is 5.89. The second-order valence-electron chi connectivity index (χ2n) is 6.88. The van der Waals surface area contributed by atoms with E-state index in [0.717, 1.165) is 26.7 Å². The summed E-state index contributed by atoms with van der Waals surface area (Å²) in [6, 6.07) is 31.1. The van der Waals surface area contributed by atoms with Crippen molar-refractivity contribution < 1.29 is 19.4 Å². The van der Waals surface area contributed by atoms with Gasteiger partial charge in [0, 0.05) is 16.0 Å². The van der Waals surface area contributed by atoms with E-state index in [9.17, 15) is 4.79 Å². The van der Waals surface area contributed by atoms with Gasteiger partial charge >= 0.3 is 5.97 Å². The molecule has 3 aromatic carbocycles. The number of aliphatic carboxylic acids is 1. The van der Waals surface area contributed by atoms with Crippen LogP contribution in [0.1, 0.15) is 5.56 Å². The number of benzene rings is 3. The topological polar surface area (TPSA) is 68.7 Å². The first-order chi connectivity index (χ1) is 15.7. The van der Waals surface area contributed by atoms with E-state index in [-0.39, 0.29) is 6.61 Å². The number of nitrogens with zero attached hydrogens (tertiary/aromatic N) is 1. The van der Waals surface area contributed by atoms with Gasteiger partial charge in [-0.05, 0) is 42.5 Å². The summed E-state index contributed by atoms with van der Waals surface area (Å²) < 4.78 is 11.1. The molecule has 4 rings (SSSR count). The SMILES string of the molecule is O=C(O)COc1ccc(OCc2ccc(-c3ccccc3)nc2Sc2ccccc2)cc1. The number of carboxylic acids is 1. The van der Waals surface area contributed by atoms with Gasteiger partial charge in [-0.15, -0.1) is 0 Å². The molecule has 0 aliphatic heterocycles. The van der Waals surface area contributed by atoms with Crippen LogP contribution in [-0.4, -0.2) is 22.7 Å². The number of hydrogen-bond acceptors (Lipinski definition) is 5. The lowest BCUT2D eigenvalue weighted by Gasteiger charge is -2.13. The molecule has 160 valence electrons. The maximum Gasteiger partial charge on any atom is 0.341 e. The number of carboxylic acid groups (broad SMARTS) is 1. The van der Waals surface area contributed by atoms with E-state index >= 15 is 0 Å². The lowest BCUT2D eigenvalue weighted by atomic mass is 10.1. The van der Waals surface area contributed by atoms with Crippen LogP contribution in [0.5, 0.6) is 11.5 Å². The van der Waals surface area contributed by atoms with E-state index in [2.05, 4.69) is 12.1 Å². The van der Waals surface area contributed by atoms with Crippen LogP contribution in [-0.2, 0) is 11.4 Å². The van der Waals surface area contributed by atoms with E-state index in [1.807, 2.05) is 60.7 Å². The third-order valence-electron chi connectivity index (χ3n) is 4.55. The number of rotatable bonds is 9. The van der Waals surface area contributed by atoms with Gasteiger partial charge in [-0.1, -0.05) is 66.4 Å². The molecule has 0 aliphatic rings. The first-order valence-electron chi connectivity index (χ1n) is 10.0. The fourth-order valence-electron chi connectivity index (χ4n) is 2.98. The van der Waals surface area contributed by atoms with Gasteiger partial charge in [-0.25, -0.2) is 9.78 Å². The summed E-state index contributed by atoms with van der Waals surface area (Å²) in [5.41, 5.74) is 2.95. The molecule has 0 bridgehead atoms. The smallest absolute Gasteiger partial charge is 0.341 e. The van der Waals surface area contributed by atoms with Crippen LogP contribution < -0.4 is 9.47 Å². The average Bonchev–Trinajstić information content (AvgIpc) is 2.84. The molecule has 0 spiro atoms. The molecule has 0 saturated heterocycles. The van der Waals surface area contributed by atoms with Crippen molar-refractivity contribution in [3.8, 4) is 22.8 Å². The minimum absolute atomic E-state index is 0.354. The van der Waals surface area contributed by atoms with Gasteiger partial charge in [-0.3, -0.25) is 0 Å². The largest absolute Gasteiger partial charge is 0.489 e. The molecule has 0 amide bonds. The highest BCUT2D eigenvalue weighted by molar-refractivity contribution is 7.99. The van der Waals surface area contributed by atoms with E-state index in [1.165, 1.54) is 0 Å². The van der Waals surface area contributed by atoms with Crippen molar-refractivity contribution in [1.82, 2.24) is 4.98 Å². The van der Waals surface area contributed by atoms with Crippen LogP contribution in [0.15, 0.2) is 107 Å².